The molecule has 0 heterocycles. The number of hydrogen-bond donors (Lipinski definition) is 0. The molecule has 0 bridgehead atoms. The van der Waals surface area contributed by atoms with Gasteiger partial charge in [-0.05, 0) is 12.8 Å². The van der Waals surface area contributed by atoms with E-state index in [4.69, 9.17) is 0 Å². The van der Waals surface area contributed by atoms with Gasteiger partial charge in [0.05, 0.1) is 0 Å². The van der Waals surface area contributed by atoms with Crippen molar-refractivity contribution in [1.82, 2.24) is 5.32 Å². The van der Waals surface area contributed by atoms with E-state index < -0.39 is 0 Å². The van der Waals surface area contributed by atoms with E-state index in [2.05, 4.69) is 19.2 Å². The van der Waals surface area contributed by atoms with E-state index in [9.17, 15) is 4.79 Å². The molecule has 65 valence electrons. The number of rotatable bonds is 6. The van der Waals surface area contributed by atoms with Gasteiger partial charge >= 0.3 is 0 Å². The molecule has 11 heavy (non-hydrogen) atoms. The van der Waals surface area contributed by atoms with Crippen LogP contribution in [0.2, 0.25) is 0 Å². The lowest BCUT2D eigenvalue weighted by atomic mass is 10.2. The maximum atomic E-state index is 10.9. The Morgan fingerprint density at radius 2 is 1.82 bits per heavy atom. The number of nitrogens with zero attached hydrogens (tertiary/aromatic N) is 1. The normalized spacial score (nSPS) is 9.64. The minimum Gasteiger partial charge on any atom is -0.273 e. The molecule has 0 fully saturated rings. The zero-order valence-electron chi connectivity index (χ0n) is 7.60. The Morgan fingerprint density at radius 1 is 1.18 bits per heavy atom. The van der Waals surface area contributed by atoms with Crippen LogP contribution in [0.15, 0.2) is 0 Å². The largest absolute Gasteiger partial charge is 0.273 e. The van der Waals surface area contributed by atoms with Crippen LogP contribution in [0.3, 0.4) is 0 Å². The van der Waals surface area contributed by atoms with E-state index in [0.717, 1.165) is 32.2 Å². The average Bonchev–Trinajstić information content (AvgIpc) is 2.01. The molecule has 1 amide bonds. The standard InChI is InChI=1S/C9H18NO/c1-3-5-7-9(11)10-8-6-4-2/h3-8H2,1-2H3. The van der Waals surface area contributed by atoms with Crippen LogP contribution in [-0.4, -0.2) is 12.5 Å². The Kier molecular flexibility index (Phi) is 7.21. The summed E-state index contributed by atoms with van der Waals surface area (Å²) >= 11 is 0. The molecule has 0 atom stereocenters. The van der Waals surface area contributed by atoms with Gasteiger partial charge in [-0.3, -0.25) is 10.1 Å². The fraction of sp³-hybridized carbons (Fsp3) is 0.889. The first kappa shape index (κ1) is 10.5. The first-order valence-corrected chi connectivity index (χ1v) is 4.51. The monoisotopic (exact) mass is 156 g/mol. The van der Waals surface area contributed by atoms with Crippen molar-refractivity contribution in [3.63, 3.8) is 0 Å². The lowest BCUT2D eigenvalue weighted by molar-refractivity contribution is -0.121. The highest BCUT2D eigenvalue weighted by molar-refractivity contribution is 5.75. The predicted octanol–water partition coefficient (Wildman–Crippen LogP) is 2.11. The summed E-state index contributed by atoms with van der Waals surface area (Å²) in [6, 6.07) is 0. The highest BCUT2D eigenvalue weighted by Gasteiger charge is 1.99. The van der Waals surface area contributed by atoms with Crippen LogP contribution in [-0.2, 0) is 4.79 Å². The van der Waals surface area contributed by atoms with Crippen molar-refractivity contribution in [1.29, 1.82) is 0 Å². The van der Waals surface area contributed by atoms with E-state index in [1.165, 1.54) is 0 Å². The van der Waals surface area contributed by atoms with Crippen molar-refractivity contribution in [2.24, 2.45) is 0 Å². The predicted molar refractivity (Wildman–Crippen MR) is 46.4 cm³/mol. The van der Waals surface area contributed by atoms with Crippen molar-refractivity contribution >= 4 is 5.91 Å². The summed E-state index contributed by atoms with van der Waals surface area (Å²) in [5.41, 5.74) is 0. The minimum atomic E-state index is 0.0836. The van der Waals surface area contributed by atoms with Gasteiger partial charge < -0.3 is 0 Å². The van der Waals surface area contributed by atoms with Crippen LogP contribution in [0.5, 0.6) is 0 Å². The molecular weight excluding hydrogens is 138 g/mol. The van der Waals surface area contributed by atoms with Crippen LogP contribution in [0.25, 0.3) is 0 Å². The van der Waals surface area contributed by atoms with Crippen molar-refractivity contribution < 1.29 is 4.79 Å². The minimum absolute atomic E-state index is 0.0836. The van der Waals surface area contributed by atoms with Crippen molar-refractivity contribution in [3.8, 4) is 0 Å². The number of carbonyl (C=O) groups excluding carboxylic acids is 1. The summed E-state index contributed by atoms with van der Waals surface area (Å²) in [7, 11) is 0. The molecule has 0 spiro atoms. The van der Waals surface area contributed by atoms with Gasteiger partial charge in [0.1, 0.15) is 0 Å². The SMILES string of the molecule is CCCC[N]C(=O)CCCC. The molecule has 1 radical (unpaired) electrons. The summed E-state index contributed by atoms with van der Waals surface area (Å²) in [5, 5.41) is 3.91. The highest BCUT2D eigenvalue weighted by Crippen LogP contribution is 1.94. The third-order valence-corrected chi connectivity index (χ3v) is 1.54. The van der Waals surface area contributed by atoms with Crippen molar-refractivity contribution in [2.75, 3.05) is 6.54 Å². The van der Waals surface area contributed by atoms with Gasteiger partial charge in [-0.25, -0.2) is 0 Å². The number of unbranched alkanes of at least 4 members (excludes halogenated alkanes) is 2. The molecule has 0 rings (SSSR count). The van der Waals surface area contributed by atoms with Gasteiger partial charge in [0.15, 0.2) is 0 Å². The van der Waals surface area contributed by atoms with Gasteiger partial charge in [-0.1, -0.05) is 26.7 Å². The highest BCUT2D eigenvalue weighted by atomic mass is 16.1. The first-order chi connectivity index (χ1) is 5.31. The molecule has 0 aliphatic carbocycles. The van der Waals surface area contributed by atoms with E-state index in [-0.39, 0.29) is 5.91 Å². The topological polar surface area (TPSA) is 31.2 Å². The zero-order chi connectivity index (χ0) is 8.53. The molecule has 0 aromatic rings. The van der Waals surface area contributed by atoms with Gasteiger partial charge in [-0.2, -0.15) is 0 Å². The van der Waals surface area contributed by atoms with Crippen molar-refractivity contribution in [2.45, 2.75) is 46.0 Å². The average molecular weight is 156 g/mol. The Labute approximate surface area is 69.4 Å². The van der Waals surface area contributed by atoms with Crippen LogP contribution in [0.1, 0.15) is 46.0 Å². The molecule has 0 saturated carbocycles. The third-order valence-electron chi connectivity index (χ3n) is 1.54. The summed E-state index contributed by atoms with van der Waals surface area (Å²) in [5.74, 6) is 0.0836. The fourth-order valence-corrected chi connectivity index (χ4v) is 0.769. The quantitative estimate of drug-likeness (QED) is 0.542. The lowest BCUT2D eigenvalue weighted by Crippen LogP contribution is -2.15. The van der Waals surface area contributed by atoms with E-state index in [0.29, 0.717) is 6.42 Å². The molecule has 0 aromatic carbocycles. The summed E-state index contributed by atoms with van der Waals surface area (Å²) in [6.45, 7) is 4.91. The Bertz CT molecular complexity index is 102. The Hall–Kier alpha value is -0.530. The molecule has 0 aliphatic rings. The molecular formula is C9H18NO. The number of carbonyl (C=O) groups is 1. The molecule has 0 aromatic heterocycles. The maximum absolute atomic E-state index is 10.9. The summed E-state index contributed by atoms with van der Waals surface area (Å²) < 4.78 is 0. The first-order valence-electron chi connectivity index (χ1n) is 4.51. The molecule has 0 unspecified atom stereocenters. The molecule has 2 nitrogen and oxygen atoms in total. The molecule has 0 N–H and O–H groups in total. The zero-order valence-corrected chi connectivity index (χ0v) is 7.60. The third kappa shape index (κ3) is 7.37. The Morgan fingerprint density at radius 3 is 2.36 bits per heavy atom. The summed E-state index contributed by atoms with van der Waals surface area (Å²) in [4.78, 5) is 10.9. The van der Waals surface area contributed by atoms with Gasteiger partial charge in [-0.15, -0.1) is 0 Å². The fourth-order valence-electron chi connectivity index (χ4n) is 0.769. The van der Waals surface area contributed by atoms with Gasteiger partial charge in [0.25, 0.3) is 0 Å². The molecule has 2 heteroatoms. The molecule has 0 aliphatic heterocycles. The summed E-state index contributed by atoms with van der Waals surface area (Å²) in [6.07, 6.45) is 4.85. The van der Waals surface area contributed by atoms with Crippen molar-refractivity contribution in [3.05, 3.63) is 0 Å². The smallest absolute Gasteiger partial charge is 0.241 e. The number of amides is 1. The van der Waals surface area contributed by atoms with E-state index >= 15 is 0 Å². The van der Waals surface area contributed by atoms with Crippen LogP contribution in [0, 0.1) is 0 Å². The second-order valence-electron chi connectivity index (χ2n) is 2.73. The maximum Gasteiger partial charge on any atom is 0.241 e. The van der Waals surface area contributed by atoms with Crippen LogP contribution in [0.4, 0.5) is 0 Å². The second kappa shape index (κ2) is 7.58. The van der Waals surface area contributed by atoms with E-state index in [1.807, 2.05) is 0 Å². The van der Waals surface area contributed by atoms with Gasteiger partial charge in [0, 0.05) is 13.0 Å². The molecule has 0 saturated heterocycles. The van der Waals surface area contributed by atoms with E-state index in [1.54, 1.807) is 0 Å². The Balaban J connectivity index is 3.09. The van der Waals surface area contributed by atoms with Crippen LogP contribution < -0.4 is 5.32 Å². The lowest BCUT2D eigenvalue weighted by Gasteiger charge is -1.98. The van der Waals surface area contributed by atoms with Crippen LogP contribution >= 0.6 is 0 Å². The number of hydrogen-bond acceptors (Lipinski definition) is 1. The van der Waals surface area contributed by atoms with Gasteiger partial charge in [0.2, 0.25) is 5.91 Å². The second-order valence-corrected chi connectivity index (χ2v) is 2.73.